The molecule has 0 N–H and O–H groups in total. The van der Waals surface area contributed by atoms with Crippen molar-refractivity contribution in [3.63, 3.8) is 0 Å². The summed E-state index contributed by atoms with van der Waals surface area (Å²) in [5, 5.41) is 0. The second-order valence-corrected chi connectivity index (χ2v) is 2.87. The molecule has 2 heteroatoms. The summed E-state index contributed by atoms with van der Waals surface area (Å²) in [7, 11) is 8.30. The predicted molar refractivity (Wildman–Crippen MR) is 46.0 cm³/mol. The summed E-state index contributed by atoms with van der Waals surface area (Å²) < 4.78 is 0. The average molecular weight is 142 g/mol. The molecule has 0 aromatic carbocycles. The van der Waals surface area contributed by atoms with E-state index in [9.17, 15) is 0 Å². The van der Waals surface area contributed by atoms with Crippen molar-refractivity contribution in [1.82, 2.24) is 9.80 Å². The molecule has 60 valence electrons. The molecule has 0 radical (unpaired) electrons. The van der Waals surface area contributed by atoms with Gasteiger partial charge in [0.2, 0.25) is 0 Å². The van der Waals surface area contributed by atoms with Gasteiger partial charge < -0.3 is 0 Å². The summed E-state index contributed by atoms with van der Waals surface area (Å²) in [5.74, 6) is 0. The number of nitrogens with zero attached hydrogens (tertiary/aromatic N) is 2. The molecule has 2 nitrogen and oxygen atoms in total. The Morgan fingerprint density at radius 2 is 1.40 bits per heavy atom. The molecule has 0 spiro atoms. The third-order valence-electron chi connectivity index (χ3n) is 1.42. The summed E-state index contributed by atoms with van der Waals surface area (Å²) in [5.41, 5.74) is 0. The summed E-state index contributed by atoms with van der Waals surface area (Å²) in [6.45, 7) is 2.04. The van der Waals surface area contributed by atoms with Gasteiger partial charge in [-0.25, -0.2) is 0 Å². The molecule has 0 aromatic rings. The van der Waals surface area contributed by atoms with E-state index < -0.39 is 0 Å². The maximum absolute atomic E-state index is 2.17. The zero-order valence-electron chi connectivity index (χ0n) is 7.63. The molecule has 0 aromatic heterocycles. The Morgan fingerprint density at radius 3 is 1.50 bits per heavy atom. The fourth-order valence-corrected chi connectivity index (χ4v) is 0.978. The van der Waals surface area contributed by atoms with E-state index in [0.29, 0.717) is 6.17 Å². The monoisotopic (exact) mass is 142 g/mol. The van der Waals surface area contributed by atoms with Crippen LogP contribution in [-0.4, -0.2) is 44.2 Å². The SMILES string of the molecule is CC=CC(N(C)C)N(C)C. The van der Waals surface area contributed by atoms with Crippen LogP contribution in [0.5, 0.6) is 0 Å². The van der Waals surface area contributed by atoms with E-state index in [1.54, 1.807) is 0 Å². The van der Waals surface area contributed by atoms with Crippen molar-refractivity contribution in [2.24, 2.45) is 0 Å². The zero-order chi connectivity index (χ0) is 8.15. The fourth-order valence-electron chi connectivity index (χ4n) is 0.978. The highest BCUT2D eigenvalue weighted by Crippen LogP contribution is 1.97. The first kappa shape index (κ1) is 9.66. The lowest BCUT2D eigenvalue weighted by molar-refractivity contribution is 0.173. The molecule has 0 amide bonds. The molecular formula is C8H18N2. The van der Waals surface area contributed by atoms with Gasteiger partial charge in [0.15, 0.2) is 0 Å². The number of hydrogen-bond acceptors (Lipinski definition) is 2. The minimum atomic E-state index is 0.421. The van der Waals surface area contributed by atoms with Gasteiger partial charge in [-0.1, -0.05) is 12.2 Å². The van der Waals surface area contributed by atoms with Crippen molar-refractivity contribution in [3.8, 4) is 0 Å². The highest BCUT2D eigenvalue weighted by atomic mass is 15.3. The Bertz CT molecular complexity index is 97.8. The van der Waals surface area contributed by atoms with Crippen LogP contribution in [0.25, 0.3) is 0 Å². The van der Waals surface area contributed by atoms with E-state index in [1.165, 1.54) is 0 Å². The molecule has 0 aliphatic rings. The molecular weight excluding hydrogens is 124 g/mol. The second-order valence-electron chi connectivity index (χ2n) is 2.87. The maximum atomic E-state index is 2.17. The van der Waals surface area contributed by atoms with Crippen molar-refractivity contribution >= 4 is 0 Å². The number of likely N-dealkylation sites (N-methyl/N-ethyl adjacent to an activating group) is 2. The highest BCUT2D eigenvalue weighted by Gasteiger charge is 2.07. The van der Waals surface area contributed by atoms with Crippen molar-refractivity contribution < 1.29 is 0 Å². The molecule has 0 atom stereocenters. The molecule has 0 unspecified atom stereocenters. The van der Waals surface area contributed by atoms with Crippen molar-refractivity contribution in [3.05, 3.63) is 12.2 Å². The number of rotatable bonds is 3. The van der Waals surface area contributed by atoms with E-state index in [1.807, 2.05) is 6.92 Å². The third-order valence-corrected chi connectivity index (χ3v) is 1.42. The Labute approximate surface area is 64.1 Å². The van der Waals surface area contributed by atoms with Crippen LogP contribution in [0.1, 0.15) is 6.92 Å². The zero-order valence-corrected chi connectivity index (χ0v) is 7.63. The highest BCUT2D eigenvalue weighted by molar-refractivity contribution is 4.88. The Kier molecular flexibility index (Phi) is 4.32. The third kappa shape index (κ3) is 2.99. The van der Waals surface area contributed by atoms with Crippen LogP contribution in [0.4, 0.5) is 0 Å². The minimum Gasteiger partial charge on any atom is -0.291 e. The Balaban J connectivity index is 3.98. The van der Waals surface area contributed by atoms with Crippen molar-refractivity contribution in [2.75, 3.05) is 28.2 Å². The molecule has 0 saturated heterocycles. The number of hydrogen-bond donors (Lipinski definition) is 0. The van der Waals surface area contributed by atoms with Gasteiger partial charge in [-0.15, -0.1) is 0 Å². The van der Waals surface area contributed by atoms with Crippen molar-refractivity contribution in [1.29, 1.82) is 0 Å². The lowest BCUT2D eigenvalue weighted by Gasteiger charge is -2.27. The summed E-state index contributed by atoms with van der Waals surface area (Å²) in [6, 6.07) is 0. The van der Waals surface area contributed by atoms with Gasteiger partial charge in [-0.2, -0.15) is 0 Å². The Morgan fingerprint density at radius 1 is 1.00 bits per heavy atom. The molecule has 0 aliphatic heterocycles. The van der Waals surface area contributed by atoms with Gasteiger partial charge in [0.05, 0.1) is 6.17 Å². The summed E-state index contributed by atoms with van der Waals surface area (Å²) in [4.78, 5) is 4.33. The molecule has 0 fully saturated rings. The van der Waals surface area contributed by atoms with Crippen LogP contribution in [-0.2, 0) is 0 Å². The van der Waals surface area contributed by atoms with Gasteiger partial charge in [0.1, 0.15) is 0 Å². The first-order valence-corrected chi connectivity index (χ1v) is 3.55. The lowest BCUT2D eigenvalue weighted by atomic mass is 10.4. The van der Waals surface area contributed by atoms with Crippen LogP contribution < -0.4 is 0 Å². The standard InChI is InChI=1S/C8H18N2/c1-6-7-8(9(2)3)10(4)5/h6-8H,1-5H3. The van der Waals surface area contributed by atoms with E-state index in [4.69, 9.17) is 0 Å². The molecule has 10 heavy (non-hydrogen) atoms. The van der Waals surface area contributed by atoms with E-state index in [2.05, 4.69) is 50.1 Å². The largest absolute Gasteiger partial charge is 0.291 e. The normalized spacial score (nSPS) is 12.8. The molecule has 0 bridgehead atoms. The van der Waals surface area contributed by atoms with Gasteiger partial charge in [0, 0.05) is 0 Å². The summed E-state index contributed by atoms with van der Waals surface area (Å²) in [6.07, 6.45) is 4.66. The Hall–Kier alpha value is -0.340. The molecule has 0 heterocycles. The second kappa shape index (κ2) is 4.47. The lowest BCUT2D eigenvalue weighted by Crippen LogP contribution is -2.38. The molecule has 0 rings (SSSR count). The minimum absolute atomic E-state index is 0.421. The maximum Gasteiger partial charge on any atom is 0.0804 e. The average Bonchev–Trinajstić information content (AvgIpc) is 1.81. The van der Waals surface area contributed by atoms with Crippen LogP contribution in [0.15, 0.2) is 12.2 Å². The topological polar surface area (TPSA) is 6.48 Å². The van der Waals surface area contributed by atoms with Crippen LogP contribution in [0.3, 0.4) is 0 Å². The van der Waals surface area contributed by atoms with Crippen LogP contribution in [0, 0.1) is 0 Å². The molecule has 0 saturated carbocycles. The van der Waals surface area contributed by atoms with Gasteiger partial charge in [0.25, 0.3) is 0 Å². The first-order chi connectivity index (χ1) is 4.59. The van der Waals surface area contributed by atoms with Gasteiger partial charge in [-0.3, -0.25) is 9.80 Å². The fraction of sp³-hybridized carbons (Fsp3) is 0.750. The quantitative estimate of drug-likeness (QED) is 0.428. The van der Waals surface area contributed by atoms with Gasteiger partial charge >= 0.3 is 0 Å². The van der Waals surface area contributed by atoms with Crippen LogP contribution in [0.2, 0.25) is 0 Å². The van der Waals surface area contributed by atoms with E-state index in [0.717, 1.165) is 0 Å². The first-order valence-electron chi connectivity index (χ1n) is 3.55. The smallest absolute Gasteiger partial charge is 0.0804 e. The van der Waals surface area contributed by atoms with Crippen molar-refractivity contribution in [2.45, 2.75) is 13.1 Å². The van der Waals surface area contributed by atoms with E-state index in [-0.39, 0.29) is 0 Å². The van der Waals surface area contributed by atoms with Crippen LogP contribution >= 0.6 is 0 Å². The van der Waals surface area contributed by atoms with E-state index >= 15 is 0 Å². The van der Waals surface area contributed by atoms with Gasteiger partial charge in [-0.05, 0) is 35.1 Å². The molecule has 0 aliphatic carbocycles. The summed E-state index contributed by atoms with van der Waals surface area (Å²) >= 11 is 0. The predicted octanol–water partition coefficient (Wildman–Crippen LogP) is 1.01. The number of allylic oxidation sites excluding steroid dienone is 1.